The molecule has 124 valence electrons. The summed E-state index contributed by atoms with van der Waals surface area (Å²) in [4.78, 5) is 4.31. The van der Waals surface area contributed by atoms with Crippen molar-refractivity contribution in [3.05, 3.63) is 53.4 Å². The maximum absolute atomic E-state index is 6.04. The van der Waals surface area contributed by atoms with Gasteiger partial charge >= 0.3 is 0 Å². The van der Waals surface area contributed by atoms with E-state index in [0.29, 0.717) is 34.0 Å². The van der Waals surface area contributed by atoms with Crippen molar-refractivity contribution < 1.29 is 18.7 Å². The predicted octanol–water partition coefficient (Wildman–Crippen LogP) is 3.99. The van der Waals surface area contributed by atoms with Gasteiger partial charge in [0.1, 0.15) is 5.75 Å². The van der Waals surface area contributed by atoms with E-state index >= 15 is 0 Å². The summed E-state index contributed by atoms with van der Waals surface area (Å²) in [5.74, 6) is 2.57. The zero-order valence-electron chi connectivity index (χ0n) is 13.2. The van der Waals surface area contributed by atoms with E-state index < -0.39 is 0 Å². The van der Waals surface area contributed by atoms with Gasteiger partial charge in [-0.05, 0) is 30.3 Å². The van der Waals surface area contributed by atoms with Crippen LogP contribution >= 0.6 is 11.6 Å². The molecule has 0 fully saturated rings. The lowest BCUT2D eigenvalue weighted by Gasteiger charge is -2.07. The van der Waals surface area contributed by atoms with Gasteiger partial charge in [-0.25, -0.2) is 0 Å². The van der Waals surface area contributed by atoms with Crippen LogP contribution in [0.2, 0.25) is 5.02 Å². The van der Waals surface area contributed by atoms with E-state index in [1.165, 1.54) is 0 Å². The lowest BCUT2D eigenvalue weighted by Crippen LogP contribution is -1.96. The van der Waals surface area contributed by atoms with Gasteiger partial charge in [-0.15, -0.1) is 0 Å². The number of para-hydroxylation sites is 1. The lowest BCUT2D eigenvalue weighted by atomic mass is 10.2. The van der Waals surface area contributed by atoms with Gasteiger partial charge in [-0.3, -0.25) is 0 Å². The molecule has 0 amide bonds. The SMILES string of the molecule is COc1ccc(-c2noc(COc3ccccc3Cl)n2)cc1OC. The van der Waals surface area contributed by atoms with Gasteiger partial charge in [0, 0.05) is 5.56 Å². The number of nitrogens with zero attached hydrogens (tertiary/aromatic N) is 2. The molecule has 0 saturated heterocycles. The Kier molecular flexibility index (Phi) is 4.86. The Morgan fingerprint density at radius 3 is 2.54 bits per heavy atom. The van der Waals surface area contributed by atoms with Gasteiger partial charge in [0.25, 0.3) is 5.89 Å². The Hall–Kier alpha value is -2.73. The molecule has 0 saturated carbocycles. The molecule has 0 aliphatic heterocycles. The molecule has 0 atom stereocenters. The summed E-state index contributed by atoms with van der Waals surface area (Å²) >= 11 is 6.04. The van der Waals surface area contributed by atoms with Crippen LogP contribution in [0.5, 0.6) is 17.2 Å². The second-order valence-corrected chi connectivity index (χ2v) is 5.21. The summed E-state index contributed by atoms with van der Waals surface area (Å²) in [6, 6.07) is 12.6. The largest absolute Gasteiger partial charge is 0.493 e. The van der Waals surface area contributed by atoms with E-state index in [1.807, 2.05) is 18.2 Å². The molecule has 0 radical (unpaired) electrons. The third-order valence-corrected chi connectivity index (χ3v) is 3.61. The number of benzene rings is 2. The van der Waals surface area contributed by atoms with Crippen LogP contribution in [0, 0.1) is 0 Å². The number of methoxy groups -OCH3 is 2. The fraction of sp³-hybridized carbons (Fsp3) is 0.176. The highest BCUT2D eigenvalue weighted by Crippen LogP contribution is 2.31. The molecular formula is C17H15ClN2O4. The van der Waals surface area contributed by atoms with Crippen LogP contribution in [-0.4, -0.2) is 24.4 Å². The highest BCUT2D eigenvalue weighted by molar-refractivity contribution is 6.32. The summed E-state index contributed by atoms with van der Waals surface area (Å²) in [5.41, 5.74) is 0.750. The maximum atomic E-state index is 6.04. The topological polar surface area (TPSA) is 66.6 Å². The fourth-order valence-electron chi connectivity index (χ4n) is 2.11. The van der Waals surface area contributed by atoms with E-state index in [0.717, 1.165) is 5.56 Å². The molecule has 0 unspecified atom stereocenters. The first-order valence-electron chi connectivity index (χ1n) is 7.13. The van der Waals surface area contributed by atoms with E-state index in [2.05, 4.69) is 10.1 Å². The van der Waals surface area contributed by atoms with E-state index in [4.69, 9.17) is 30.3 Å². The van der Waals surface area contributed by atoms with Gasteiger partial charge in [-0.2, -0.15) is 4.98 Å². The third kappa shape index (κ3) is 3.44. The van der Waals surface area contributed by atoms with E-state index in [-0.39, 0.29) is 6.61 Å². The molecule has 3 rings (SSSR count). The first kappa shape index (κ1) is 16.1. The quantitative estimate of drug-likeness (QED) is 0.672. The van der Waals surface area contributed by atoms with Crippen molar-refractivity contribution in [2.45, 2.75) is 6.61 Å². The second-order valence-electron chi connectivity index (χ2n) is 4.80. The van der Waals surface area contributed by atoms with E-state index in [9.17, 15) is 0 Å². The molecule has 0 bridgehead atoms. The molecule has 2 aromatic carbocycles. The van der Waals surface area contributed by atoms with Crippen molar-refractivity contribution in [3.63, 3.8) is 0 Å². The van der Waals surface area contributed by atoms with Crippen molar-refractivity contribution in [1.29, 1.82) is 0 Å². The molecule has 0 aliphatic rings. The predicted molar refractivity (Wildman–Crippen MR) is 88.6 cm³/mol. The molecule has 3 aromatic rings. The minimum atomic E-state index is 0.129. The first-order chi connectivity index (χ1) is 11.7. The zero-order valence-corrected chi connectivity index (χ0v) is 13.9. The Balaban J connectivity index is 1.75. The number of halogens is 1. The molecule has 6 nitrogen and oxygen atoms in total. The standard InChI is InChI=1S/C17H15ClN2O4/c1-21-14-8-7-11(9-15(14)22-2)17-19-16(24-20-17)10-23-13-6-4-3-5-12(13)18/h3-9H,10H2,1-2H3. The molecule has 1 heterocycles. The van der Waals surface area contributed by atoms with Crippen LogP contribution in [0.4, 0.5) is 0 Å². The molecule has 0 N–H and O–H groups in total. The number of hydrogen-bond donors (Lipinski definition) is 0. The molecule has 0 aliphatic carbocycles. The average molecular weight is 347 g/mol. The lowest BCUT2D eigenvalue weighted by molar-refractivity contribution is 0.243. The summed E-state index contributed by atoms with van der Waals surface area (Å²) in [6.07, 6.45) is 0. The molecule has 0 spiro atoms. The van der Waals surface area contributed by atoms with Crippen LogP contribution in [0.1, 0.15) is 5.89 Å². The van der Waals surface area contributed by atoms with Gasteiger partial charge < -0.3 is 18.7 Å². The highest BCUT2D eigenvalue weighted by atomic mass is 35.5. The van der Waals surface area contributed by atoms with Crippen molar-refractivity contribution >= 4 is 11.6 Å². The van der Waals surface area contributed by atoms with Crippen molar-refractivity contribution in [2.75, 3.05) is 14.2 Å². The number of aromatic nitrogens is 2. The van der Waals surface area contributed by atoms with Crippen LogP contribution in [0.3, 0.4) is 0 Å². The zero-order chi connectivity index (χ0) is 16.9. The van der Waals surface area contributed by atoms with E-state index in [1.54, 1.807) is 38.5 Å². The second kappa shape index (κ2) is 7.23. The smallest absolute Gasteiger partial charge is 0.264 e. The van der Waals surface area contributed by atoms with Crippen molar-refractivity contribution in [2.24, 2.45) is 0 Å². The number of ether oxygens (including phenoxy) is 3. The minimum absolute atomic E-state index is 0.129. The van der Waals surface area contributed by atoms with Crippen LogP contribution in [0.15, 0.2) is 47.0 Å². The minimum Gasteiger partial charge on any atom is -0.493 e. The Bertz CT molecular complexity index is 835. The number of hydrogen-bond acceptors (Lipinski definition) is 6. The highest BCUT2D eigenvalue weighted by Gasteiger charge is 2.13. The molecule has 7 heteroatoms. The Morgan fingerprint density at radius 2 is 1.79 bits per heavy atom. The maximum Gasteiger partial charge on any atom is 0.264 e. The first-order valence-corrected chi connectivity index (χ1v) is 7.51. The average Bonchev–Trinajstić information content (AvgIpc) is 3.09. The Labute approximate surface area is 143 Å². The monoisotopic (exact) mass is 346 g/mol. The fourth-order valence-corrected chi connectivity index (χ4v) is 2.30. The van der Waals surface area contributed by atoms with Crippen LogP contribution in [-0.2, 0) is 6.61 Å². The number of rotatable bonds is 6. The molecule has 24 heavy (non-hydrogen) atoms. The van der Waals surface area contributed by atoms with Crippen molar-refractivity contribution in [1.82, 2.24) is 10.1 Å². The summed E-state index contributed by atoms with van der Waals surface area (Å²) in [5, 5.41) is 4.48. The summed E-state index contributed by atoms with van der Waals surface area (Å²) in [7, 11) is 3.15. The Morgan fingerprint density at radius 1 is 1.00 bits per heavy atom. The van der Waals surface area contributed by atoms with Crippen molar-refractivity contribution in [3.8, 4) is 28.6 Å². The van der Waals surface area contributed by atoms with Gasteiger partial charge in [-0.1, -0.05) is 28.9 Å². The van der Waals surface area contributed by atoms with Gasteiger partial charge in [0.2, 0.25) is 5.82 Å². The third-order valence-electron chi connectivity index (χ3n) is 3.30. The van der Waals surface area contributed by atoms with Crippen LogP contribution in [0.25, 0.3) is 11.4 Å². The van der Waals surface area contributed by atoms with Crippen LogP contribution < -0.4 is 14.2 Å². The molecule has 1 aromatic heterocycles. The van der Waals surface area contributed by atoms with Gasteiger partial charge in [0.05, 0.1) is 19.2 Å². The van der Waals surface area contributed by atoms with Gasteiger partial charge in [0.15, 0.2) is 18.1 Å². The summed E-state index contributed by atoms with van der Waals surface area (Å²) < 4.78 is 21.3. The molecular weight excluding hydrogens is 332 g/mol. The normalized spacial score (nSPS) is 10.5. The summed E-state index contributed by atoms with van der Waals surface area (Å²) in [6.45, 7) is 0.129.